The van der Waals surface area contributed by atoms with Crippen molar-refractivity contribution in [1.29, 1.82) is 0 Å². The zero-order chi connectivity index (χ0) is 31.5. The van der Waals surface area contributed by atoms with Crippen molar-refractivity contribution in [3.63, 3.8) is 0 Å². The zero-order valence-electron chi connectivity index (χ0n) is 26.2. The third-order valence-electron chi connectivity index (χ3n) is 10.4. The summed E-state index contributed by atoms with van der Waals surface area (Å²) in [6.07, 6.45) is 16.6. The first kappa shape index (κ1) is 32.4. The summed E-state index contributed by atoms with van der Waals surface area (Å²) in [6.45, 7) is 16.0. The van der Waals surface area contributed by atoms with Crippen LogP contribution in [0.25, 0.3) is 0 Å². The maximum Gasteiger partial charge on any atom is 0.338 e. The van der Waals surface area contributed by atoms with E-state index in [1.54, 1.807) is 0 Å². The Balaban J connectivity index is 1.47. The fraction of sp³-hybridized carbons (Fsp3) is 0.571. The van der Waals surface area contributed by atoms with E-state index in [2.05, 4.69) is 65.5 Å². The minimum absolute atomic E-state index is 0.196. The van der Waals surface area contributed by atoms with Crippen LogP contribution < -0.4 is 0 Å². The van der Waals surface area contributed by atoms with Gasteiger partial charge < -0.3 is 4.74 Å². The van der Waals surface area contributed by atoms with Crippen molar-refractivity contribution in [3.05, 3.63) is 91.6 Å². The second-order valence-electron chi connectivity index (χ2n) is 13.5. The molecule has 232 valence electrons. The monoisotopic (exact) mass is 590 g/mol. The molecule has 0 amide bonds. The number of carbonyl (C=O) groups excluding carboxylic acids is 1. The molecule has 8 nitrogen and oxygen atoms in total. The molecule has 0 radical (unpaired) electrons. The average Bonchev–Trinajstić information content (AvgIpc) is 3.33. The van der Waals surface area contributed by atoms with Gasteiger partial charge in [0.25, 0.3) is 11.4 Å². The van der Waals surface area contributed by atoms with Gasteiger partial charge in [0, 0.05) is 18.6 Å². The highest BCUT2D eigenvalue weighted by Crippen LogP contribution is 2.59. The van der Waals surface area contributed by atoms with Crippen LogP contribution in [-0.4, -0.2) is 21.9 Å². The summed E-state index contributed by atoms with van der Waals surface area (Å²) < 4.78 is 5.70. The predicted molar refractivity (Wildman–Crippen MR) is 169 cm³/mol. The Labute approximate surface area is 255 Å². The topological polar surface area (TPSA) is 113 Å². The van der Waals surface area contributed by atoms with Crippen molar-refractivity contribution in [2.24, 2.45) is 35.0 Å². The van der Waals surface area contributed by atoms with E-state index in [1.807, 2.05) is 0 Å². The quantitative estimate of drug-likeness (QED) is 0.123. The number of ether oxygens (including phenoxy) is 1. The zero-order valence-corrected chi connectivity index (χ0v) is 26.2. The van der Waals surface area contributed by atoms with Crippen molar-refractivity contribution in [3.8, 4) is 0 Å². The van der Waals surface area contributed by atoms with Crippen LogP contribution in [0.15, 0.2) is 65.8 Å². The molecular formula is C35H46N2O6. The first-order valence-corrected chi connectivity index (χ1v) is 15.7. The number of nitro groups is 2. The Morgan fingerprint density at radius 3 is 2.30 bits per heavy atom. The van der Waals surface area contributed by atoms with Crippen molar-refractivity contribution in [1.82, 2.24) is 0 Å². The molecule has 0 bridgehead atoms. The summed E-state index contributed by atoms with van der Waals surface area (Å²) in [5, 5.41) is 22.5. The maximum absolute atomic E-state index is 12.9. The molecule has 1 aromatic carbocycles. The Hall–Kier alpha value is -3.55. The number of benzene rings is 1. The number of hydrogen-bond acceptors (Lipinski definition) is 6. The van der Waals surface area contributed by atoms with E-state index < -0.39 is 33.3 Å². The van der Waals surface area contributed by atoms with Gasteiger partial charge in [-0.2, -0.15) is 0 Å². The minimum Gasteiger partial charge on any atom is -0.458 e. The number of nitro benzene ring substituents is 2. The van der Waals surface area contributed by atoms with Gasteiger partial charge in [-0.25, -0.2) is 4.79 Å². The highest BCUT2D eigenvalue weighted by Gasteiger charge is 2.50. The molecule has 0 N–H and O–H groups in total. The molecule has 0 unspecified atom stereocenters. The lowest BCUT2D eigenvalue weighted by atomic mass is 9.61. The fourth-order valence-electron chi connectivity index (χ4n) is 7.47. The average molecular weight is 591 g/mol. The molecule has 3 aliphatic rings. The van der Waals surface area contributed by atoms with E-state index in [9.17, 15) is 25.0 Å². The SMILES string of the molecule is C=C1CC[C@@H](OC(=O)c2cc([N+](=O)[O-])cc([N+](=O)[O-])c2)C/C1=C\C=C1/CCC[C@@]2(C)[C@H]1CC[C@H]2[C@@H](C)/C=C/[C@H](C)C(C)C. The molecule has 6 atom stereocenters. The number of carbonyl (C=O) groups is 1. The van der Waals surface area contributed by atoms with Crippen LogP contribution >= 0.6 is 0 Å². The van der Waals surface area contributed by atoms with E-state index in [1.165, 1.54) is 31.3 Å². The molecule has 4 rings (SSSR count). The number of allylic oxidation sites excluding steroid dienone is 6. The van der Waals surface area contributed by atoms with Crippen LogP contribution in [0.2, 0.25) is 0 Å². The molecule has 0 aliphatic heterocycles. The lowest BCUT2D eigenvalue weighted by Crippen LogP contribution is -2.35. The van der Waals surface area contributed by atoms with Crippen LogP contribution in [-0.2, 0) is 4.74 Å². The van der Waals surface area contributed by atoms with Crippen LogP contribution in [0.3, 0.4) is 0 Å². The van der Waals surface area contributed by atoms with Crippen molar-refractivity contribution >= 4 is 17.3 Å². The second-order valence-corrected chi connectivity index (χ2v) is 13.5. The minimum atomic E-state index is -0.798. The van der Waals surface area contributed by atoms with Gasteiger partial charge in [0.05, 0.1) is 21.5 Å². The van der Waals surface area contributed by atoms with Crippen molar-refractivity contribution in [2.45, 2.75) is 92.1 Å². The lowest BCUT2D eigenvalue weighted by Gasteiger charge is -2.44. The summed E-state index contributed by atoms with van der Waals surface area (Å²) in [5.41, 5.74) is 2.63. The molecule has 3 aliphatic carbocycles. The number of rotatable bonds is 9. The van der Waals surface area contributed by atoms with Gasteiger partial charge in [-0.05, 0) is 85.5 Å². The summed E-state index contributed by atoms with van der Waals surface area (Å²) in [4.78, 5) is 33.9. The van der Waals surface area contributed by atoms with Crippen molar-refractivity contribution in [2.75, 3.05) is 0 Å². The second kappa shape index (κ2) is 13.4. The molecule has 8 heteroatoms. The van der Waals surface area contributed by atoms with E-state index in [4.69, 9.17) is 4.74 Å². The van der Waals surface area contributed by atoms with Gasteiger partial charge in [-0.3, -0.25) is 20.2 Å². The number of hydrogen-bond donors (Lipinski definition) is 0. The maximum atomic E-state index is 12.9. The van der Waals surface area contributed by atoms with Crippen LogP contribution in [0.5, 0.6) is 0 Å². The van der Waals surface area contributed by atoms with Crippen LogP contribution in [0.4, 0.5) is 11.4 Å². The van der Waals surface area contributed by atoms with Crippen LogP contribution in [0.1, 0.15) is 96.3 Å². The normalized spacial score (nSPS) is 29.2. The fourth-order valence-corrected chi connectivity index (χ4v) is 7.47. The highest BCUT2D eigenvalue weighted by atomic mass is 16.6. The van der Waals surface area contributed by atoms with Gasteiger partial charge in [-0.1, -0.05) is 76.6 Å². The van der Waals surface area contributed by atoms with Gasteiger partial charge in [-0.15, -0.1) is 0 Å². The third-order valence-corrected chi connectivity index (χ3v) is 10.4. The van der Waals surface area contributed by atoms with Gasteiger partial charge in [0.15, 0.2) is 0 Å². The number of non-ortho nitro benzene ring substituents is 2. The van der Waals surface area contributed by atoms with Crippen LogP contribution in [0, 0.1) is 55.2 Å². The highest BCUT2D eigenvalue weighted by molar-refractivity contribution is 5.91. The number of fused-ring (bicyclic) bond motifs is 1. The molecule has 0 aromatic heterocycles. The summed E-state index contributed by atoms with van der Waals surface area (Å²) in [5.74, 6) is 2.21. The smallest absolute Gasteiger partial charge is 0.338 e. The molecule has 3 fully saturated rings. The Bertz CT molecular complexity index is 1330. The molecule has 0 heterocycles. The number of esters is 1. The standard InChI is InChI=1S/C35H46N2O6/c1-22(2)23(3)9-10-25(5)32-15-16-33-26(8-7-17-35(32,33)6)12-13-27-20-31(14-11-24(27)4)43-34(38)28-18-29(36(39)40)21-30(19-28)37(41)42/h9-10,12-13,18-19,21-23,25,31-33H,4,7-8,11,14-17,20H2,1-3,5-6H3/b10-9+,26-12+,27-13+/t23-,25-,31+,32-,33-,35+/m0/s1. The van der Waals surface area contributed by atoms with Gasteiger partial charge in [0.1, 0.15) is 6.10 Å². The lowest BCUT2D eigenvalue weighted by molar-refractivity contribution is -0.394. The van der Waals surface area contributed by atoms with Gasteiger partial charge >= 0.3 is 5.97 Å². The first-order chi connectivity index (χ1) is 20.3. The molecule has 3 saturated carbocycles. The molecule has 0 saturated heterocycles. The van der Waals surface area contributed by atoms with Gasteiger partial charge in [0.2, 0.25) is 0 Å². The Kier molecular flexibility index (Phi) is 10.1. The summed E-state index contributed by atoms with van der Waals surface area (Å²) >= 11 is 0. The first-order valence-electron chi connectivity index (χ1n) is 15.7. The van der Waals surface area contributed by atoms with Crippen molar-refractivity contribution < 1.29 is 19.4 Å². The third kappa shape index (κ3) is 7.34. The summed E-state index contributed by atoms with van der Waals surface area (Å²) in [6, 6.07) is 2.88. The van der Waals surface area contributed by atoms with E-state index in [-0.39, 0.29) is 11.0 Å². The van der Waals surface area contributed by atoms with E-state index >= 15 is 0 Å². The Morgan fingerprint density at radius 1 is 1.00 bits per heavy atom. The molecule has 0 spiro atoms. The summed E-state index contributed by atoms with van der Waals surface area (Å²) in [7, 11) is 0. The van der Waals surface area contributed by atoms with E-state index in [0.29, 0.717) is 48.9 Å². The molecule has 43 heavy (non-hydrogen) atoms. The van der Waals surface area contributed by atoms with E-state index in [0.717, 1.165) is 35.8 Å². The predicted octanol–water partition coefficient (Wildman–Crippen LogP) is 9.32. The number of nitrogens with zero attached hydrogens (tertiary/aromatic N) is 2. The Morgan fingerprint density at radius 2 is 1.67 bits per heavy atom. The molecule has 1 aromatic rings. The molecular weight excluding hydrogens is 544 g/mol. The largest absolute Gasteiger partial charge is 0.458 e.